The largest absolute Gasteiger partial charge is 0.456 e. The Balaban J connectivity index is 1.06. The van der Waals surface area contributed by atoms with E-state index in [9.17, 15) is 0 Å². The highest BCUT2D eigenvalue weighted by atomic mass is 32.1. The van der Waals surface area contributed by atoms with Gasteiger partial charge in [0.15, 0.2) is 0 Å². The molecule has 0 N–H and O–H groups in total. The van der Waals surface area contributed by atoms with Gasteiger partial charge in [0.05, 0.1) is 5.69 Å². The Morgan fingerprint density at radius 2 is 0.917 bits per heavy atom. The molecule has 0 aliphatic carbocycles. The molecule has 2 aromatic heterocycles. The molecule has 12 rings (SSSR count). The van der Waals surface area contributed by atoms with Gasteiger partial charge in [-0.3, -0.25) is 0 Å². The summed E-state index contributed by atoms with van der Waals surface area (Å²) in [5, 5.41) is 9.57. The van der Waals surface area contributed by atoms with Crippen LogP contribution in [0.4, 0.5) is 34.1 Å². The molecule has 0 saturated carbocycles. The number of rotatable bonds is 7. The van der Waals surface area contributed by atoms with E-state index in [2.05, 4.69) is 216 Å². The highest BCUT2D eigenvalue weighted by molar-refractivity contribution is 7.25. The van der Waals surface area contributed by atoms with E-state index in [0.717, 1.165) is 61.4 Å². The van der Waals surface area contributed by atoms with E-state index in [1.54, 1.807) is 0 Å². The zero-order valence-corrected chi connectivity index (χ0v) is 33.3. The van der Waals surface area contributed by atoms with Crippen molar-refractivity contribution in [2.24, 2.45) is 0 Å². The van der Waals surface area contributed by atoms with Crippen molar-refractivity contribution in [1.29, 1.82) is 0 Å². The second kappa shape index (κ2) is 14.0. The molecule has 0 fully saturated rings. The van der Waals surface area contributed by atoms with E-state index in [4.69, 9.17) is 4.42 Å². The van der Waals surface area contributed by atoms with Crippen LogP contribution in [0, 0.1) is 0 Å². The fraction of sp³-hybridized carbons (Fsp3) is 0. The van der Waals surface area contributed by atoms with Gasteiger partial charge in [0, 0.05) is 64.9 Å². The normalized spacial score (nSPS) is 11.7. The zero-order valence-electron chi connectivity index (χ0n) is 32.5. The molecule has 4 heteroatoms. The van der Waals surface area contributed by atoms with Crippen molar-refractivity contribution in [2.75, 3.05) is 9.80 Å². The highest BCUT2D eigenvalue weighted by Crippen LogP contribution is 2.46. The van der Waals surface area contributed by atoms with E-state index in [-0.39, 0.29) is 0 Å². The monoisotopic (exact) mass is 784 g/mol. The fourth-order valence-electron chi connectivity index (χ4n) is 9.01. The first-order valence-electron chi connectivity index (χ1n) is 20.3. The van der Waals surface area contributed by atoms with Crippen molar-refractivity contribution in [3.8, 4) is 11.1 Å². The summed E-state index contributed by atoms with van der Waals surface area (Å²) in [4.78, 5) is 4.81. The Kier molecular flexibility index (Phi) is 8.03. The van der Waals surface area contributed by atoms with Crippen molar-refractivity contribution in [2.45, 2.75) is 0 Å². The van der Waals surface area contributed by atoms with Crippen molar-refractivity contribution in [3.63, 3.8) is 0 Å². The second-order valence-corrected chi connectivity index (χ2v) is 16.4. The van der Waals surface area contributed by atoms with Gasteiger partial charge in [0.25, 0.3) is 0 Å². The number of furan rings is 1. The van der Waals surface area contributed by atoms with Gasteiger partial charge < -0.3 is 14.2 Å². The van der Waals surface area contributed by atoms with Crippen LogP contribution < -0.4 is 9.80 Å². The number of thiophene rings is 1. The van der Waals surface area contributed by atoms with Gasteiger partial charge in [-0.1, -0.05) is 127 Å². The minimum Gasteiger partial charge on any atom is -0.456 e. The standard InChI is InChI=1S/C56H36N2OS/c1-3-14-37(15-4-1)45-20-7-10-23-52(45)58(44-30-31-56-51(35-44)47-22-9-12-25-55(47)60-56)42-19-13-18-41(33-42)57(40-16-5-2-6-17-40)43-29-28-38-26-27-39-32-54-50(36-49(39)48(38)34-43)46-21-8-11-24-53(46)59-54/h1-36H. The summed E-state index contributed by atoms with van der Waals surface area (Å²) in [5.41, 5.74) is 10.7. The summed E-state index contributed by atoms with van der Waals surface area (Å²) in [6.45, 7) is 0. The Morgan fingerprint density at radius 1 is 0.317 bits per heavy atom. The lowest BCUT2D eigenvalue weighted by molar-refractivity contribution is 0.669. The van der Waals surface area contributed by atoms with Crippen molar-refractivity contribution in [3.05, 3.63) is 218 Å². The molecule has 10 aromatic carbocycles. The summed E-state index contributed by atoms with van der Waals surface area (Å²) in [7, 11) is 0. The average Bonchev–Trinajstić information content (AvgIpc) is 3.87. The molecular weight excluding hydrogens is 749 g/mol. The third-order valence-electron chi connectivity index (χ3n) is 11.8. The predicted octanol–water partition coefficient (Wildman–Crippen LogP) is 16.9. The lowest BCUT2D eigenvalue weighted by Crippen LogP contribution is -2.13. The van der Waals surface area contributed by atoms with E-state index >= 15 is 0 Å². The molecule has 60 heavy (non-hydrogen) atoms. The van der Waals surface area contributed by atoms with Crippen LogP contribution in [-0.2, 0) is 0 Å². The predicted molar refractivity (Wildman–Crippen MR) is 256 cm³/mol. The molecule has 0 spiro atoms. The topological polar surface area (TPSA) is 19.6 Å². The summed E-state index contributed by atoms with van der Waals surface area (Å²) >= 11 is 1.85. The minimum atomic E-state index is 0.909. The smallest absolute Gasteiger partial charge is 0.136 e. The van der Waals surface area contributed by atoms with Crippen LogP contribution in [0.3, 0.4) is 0 Å². The highest BCUT2D eigenvalue weighted by Gasteiger charge is 2.21. The molecule has 3 nitrogen and oxygen atoms in total. The van der Waals surface area contributed by atoms with Crippen LogP contribution in [0.5, 0.6) is 0 Å². The molecule has 0 aliphatic rings. The summed E-state index contributed by atoms with van der Waals surface area (Å²) in [5.74, 6) is 0. The van der Waals surface area contributed by atoms with E-state index in [1.165, 1.54) is 47.5 Å². The number of hydrogen-bond donors (Lipinski definition) is 0. The number of hydrogen-bond acceptors (Lipinski definition) is 4. The lowest BCUT2D eigenvalue weighted by atomic mass is 9.99. The van der Waals surface area contributed by atoms with E-state index < -0.39 is 0 Å². The first-order valence-corrected chi connectivity index (χ1v) is 21.1. The van der Waals surface area contributed by atoms with Crippen molar-refractivity contribution < 1.29 is 4.42 Å². The molecule has 12 aromatic rings. The lowest BCUT2D eigenvalue weighted by Gasteiger charge is -2.30. The third-order valence-corrected chi connectivity index (χ3v) is 12.9. The maximum Gasteiger partial charge on any atom is 0.136 e. The SMILES string of the molecule is c1ccc(-c2ccccc2N(c2cccc(N(c3ccccc3)c3ccc4ccc5cc6oc7ccccc7c6cc5c4c3)c2)c2ccc3sc4ccccc4c3c2)cc1. The zero-order chi connectivity index (χ0) is 39.6. The molecular formula is C56H36N2OS. The Hall–Kier alpha value is -7.66. The molecule has 0 unspecified atom stereocenters. The molecule has 0 bridgehead atoms. The van der Waals surface area contributed by atoms with Crippen molar-refractivity contribution >= 4 is 109 Å². The Morgan fingerprint density at radius 3 is 1.80 bits per heavy atom. The first kappa shape index (κ1) is 34.4. The van der Waals surface area contributed by atoms with Gasteiger partial charge in [-0.15, -0.1) is 11.3 Å². The summed E-state index contributed by atoms with van der Waals surface area (Å²) in [6, 6.07) is 78.9. The van der Waals surface area contributed by atoms with Crippen LogP contribution in [0.2, 0.25) is 0 Å². The number of benzene rings is 10. The molecule has 0 amide bonds. The number of nitrogens with zero attached hydrogens (tertiary/aromatic N) is 2. The molecule has 0 aliphatic heterocycles. The second-order valence-electron chi connectivity index (χ2n) is 15.3. The third kappa shape index (κ3) is 5.72. The number of para-hydroxylation sites is 3. The maximum absolute atomic E-state index is 6.30. The number of fused-ring (bicyclic) bond motifs is 9. The fourth-order valence-corrected chi connectivity index (χ4v) is 10.1. The maximum atomic E-state index is 6.30. The number of anilines is 6. The first-order chi connectivity index (χ1) is 29.7. The minimum absolute atomic E-state index is 0.909. The van der Waals surface area contributed by atoms with Gasteiger partial charge in [-0.05, 0) is 118 Å². The molecule has 282 valence electrons. The summed E-state index contributed by atoms with van der Waals surface area (Å²) < 4.78 is 8.88. The molecule has 0 radical (unpaired) electrons. The van der Waals surface area contributed by atoms with Gasteiger partial charge in [-0.25, -0.2) is 0 Å². The van der Waals surface area contributed by atoms with E-state index in [0.29, 0.717) is 0 Å². The van der Waals surface area contributed by atoms with Crippen LogP contribution in [0.25, 0.3) is 74.8 Å². The average molecular weight is 785 g/mol. The van der Waals surface area contributed by atoms with Crippen LogP contribution >= 0.6 is 11.3 Å². The Bertz CT molecular complexity index is 3570. The molecule has 0 atom stereocenters. The molecule has 2 heterocycles. The van der Waals surface area contributed by atoms with Crippen LogP contribution in [0.15, 0.2) is 223 Å². The van der Waals surface area contributed by atoms with Crippen LogP contribution in [-0.4, -0.2) is 0 Å². The quantitative estimate of drug-likeness (QED) is 0.150. The van der Waals surface area contributed by atoms with Crippen LogP contribution in [0.1, 0.15) is 0 Å². The van der Waals surface area contributed by atoms with E-state index in [1.807, 2.05) is 23.5 Å². The summed E-state index contributed by atoms with van der Waals surface area (Å²) in [6.07, 6.45) is 0. The Labute approximate surface area is 351 Å². The van der Waals surface area contributed by atoms with Gasteiger partial charge >= 0.3 is 0 Å². The van der Waals surface area contributed by atoms with Crippen molar-refractivity contribution in [1.82, 2.24) is 0 Å². The molecule has 0 saturated heterocycles. The van der Waals surface area contributed by atoms with Gasteiger partial charge in [0.1, 0.15) is 11.2 Å². The van der Waals surface area contributed by atoms with Gasteiger partial charge in [0.2, 0.25) is 0 Å². The van der Waals surface area contributed by atoms with Gasteiger partial charge in [-0.2, -0.15) is 0 Å².